The molecule has 0 fully saturated rings. The predicted octanol–water partition coefficient (Wildman–Crippen LogP) is 12.3. The number of hydrogen-bond donors (Lipinski definition) is 0. The van der Waals surface area contributed by atoms with Gasteiger partial charge in [0.15, 0.2) is 34.9 Å². The minimum Gasteiger partial charge on any atom is -0.208 e. The molecule has 8 aromatic carbocycles. The van der Waals surface area contributed by atoms with Crippen LogP contribution in [0.25, 0.3) is 101 Å². The van der Waals surface area contributed by atoms with E-state index in [4.69, 9.17) is 29.9 Å². The maximum absolute atomic E-state index is 10.2. The second-order valence-corrected chi connectivity index (χ2v) is 14.5. The number of nitrogens with zero attached hydrogens (tertiary/aromatic N) is 8. The van der Waals surface area contributed by atoms with Gasteiger partial charge < -0.3 is 0 Å². The molecule has 2 aromatic heterocycles. The second-order valence-electron chi connectivity index (χ2n) is 14.5. The van der Waals surface area contributed by atoms with E-state index >= 15 is 0 Å². The molecule has 8 heteroatoms. The third-order valence-corrected chi connectivity index (χ3v) is 10.7. The number of benzene rings is 8. The lowest BCUT2D eigenvalue weighted by molar-refractivity contribution is 1.07. The zero-order valence-electron chi connectivity index (χ0n) is 33.1. The summed E-state index contributed by atoms with van der Waals surface area (Å²) in [5.41, 5.74) is 9.16. The van der Waals surface area contributed by atoms with Crippen LogP contribution in [0.2, 0.25) is 0 Å². The molecule has 0 bridgehead atoms. The zero-order valence-corrected chi connectivity index (χ0v) is 33.1. The van der Waals surface area contributed by atoms with Crippen molar-refractivity contribution in [3.63, 3.8) is 0 Å². The SMILES string of the molecule is N#Cc1ccc(-c2cccc3cccc(-c4ccc(C#N)cc4-c4nc(-c5ccccc5)nc(-c5ccccc5)n4)c23)c(-c2nc(-c3ccccc3)nc(-c3ccccc3)n2)c1. The standard InChI is InChI=1S/C54H32N8/c55-33-35-27-29-42(46(31-35)53-59-49(38-15-5-1-6-16-38)57-50(60-53)39-17-7-2-8-18-39)44-25-13-23-37-24-14-26-45(48(37)44)43-30-28-36(34-56)32-47(43)54-61-51(40-19-9-3-10-20-40)58-52(62-54)41-21-11-4-12-22-41/h1-32H. The molecule has 10 aromatic rings. The monoisotopic (exact) mass is 792 g/mol. The van der Waals surface area contributed by atoms with Gasteiger partial charge in [-0.2, -0.15) is 10.5 Å². The van der Waals surface area contributed by atoms with Gasteiger partial charge in [-0.05, 0) is 57.3 Å². The Labute approximate surface area is 357 Å². The Hall–Kier alpha value is -8.98. The molecule has 0 aliphatic heterocycles. The van der Waals surface area contributed by atoms with E-state index < -0.39 is 0 Å². The van der Waals surface area contributed by atoms with Crippen LogP contribution in [0.4, 0.5) is 0 Å². The first-order valence-corrected chi connectivity index (χ1v) is 20.0. The summed E-state index contributed by atoms with van der Waals surface area (Å²) in [6.07, 6.45) is 0. The first-order chi connectivity index (χ1) is 30.6. The molecule has 0 saturated heterocycles. The van der Waals surface area contributed by atoms with E-state index in [2.05, 4.69) is 36.4 Å². The molecule has 2 heterocycles. The van der Waals surface area contributed by atoms with Gasteiger partial charge >= 0.3 is 0 Å². The molecule has 10 rings (SSSR count). The number of rotatable bonds is 8. The first kappa shape index (κ1) is 37.3. The van der Waals surface area contributed by atoms with Crippen LogP contribution in [0.15, 0.2) is 194 Å². The number of nitriles is 2. The van der Waals surface area contributed by atoms with Gasteiger partial charge in [0.2, 0.25) is 0 Å². The summed E-state index contributed by atoms with van der Waals surface area (Å²) < 4.78 is 0. The average molecular weight is 793 g/mol. The number of hydrogen-bond acceptors (Lipinski definition) is 8. The van der Waals surface area contributed by atoms with Crippen LogP contribution in [-0.2, 0) is 0 Å². The summed E-state index contributed by atoms with van der Waals surface area (Å²) in [5, 5.41) is 22.4. The molecule has 0 radical (unpaired) electrons. The molecule has 0 aliphatic carbocycles. The number of fused-ring (bicyclic) bond motifs is 1. The Morgan fingerprint density at radius 2 is 0.597 bits per heavy atom. The van der Waals surface area contributed by atoms with Crippen molar-refractivity contribution < 1.29 is 0 Å². The lowest BCUT2D eigenvalue weighted by Gasteiger charge is -2.18. The van der Waals surface area contributed by atoms with Crippen molar-refractivity contribution in [1.82, 2.24) is 29.9 Å². The fourth-order valence-corrected chi connectivity index (χ4v) is 7.72. The average Bonchev–Trinajstić information content (AvgIpc) is 3.36. The minimum atomic E-state index is 0.436. The van der Waals surface area contributed by atoms with Crippen molar-refractivity contribution in [1.29, 1.82) is 10.5 Å². The van der Waals surface area contributed by atoms with Crippen molar-refractivity contribution in [2.24, 2.45) is 0 Å². The van der Waals surface area contributed by atoms with Crippen molar-refractivity contribution in [3.8, 4) is 103 Å². The normalized spacial score (nSPS) is 10.9. The third kappa shape index (κ3) is 7.21. The molecule has 0 unspecified atom stereocenters. The largest absolute Gasteiger partial charge is 0.208 e. The zero-order chi connectivity index (χ0) is 41.8. The highest BCUT2D eigenvalue weighted by Crippen LogP contribution is 2.43. The lowest BCUT2D eigenvalue weighted by Crippen LogP contribution is -2.02. The highest BCUT2D eigenvalue weighted by Gasteiger charge is 2.22. The maximum atomic E-state index is 10.2. The van der Waals surface area contributed by atoms with Crippen LogP contribution in [0.3, 0.4) is 0 Å². The molecule has 0 spiro atoms. The van der Waals surface area contributed by atoms with Crippen LogP contribution in [0.1, 0.15) is 11.1 Å². The van der Waals surface area contributed by atoms with Gasteiger partial charge in [-0.15, -0.1) is 0 Å². The minimum absolute atomic E-state index is 0.436. The molecule has 62 heavy (non-hydrogen) atoms. The van der Waals surface area contributed by atoms with E-state index in [0.717, 1.165) is 55.3 Å². The van der Waals surface area contributed by atoms with Crippen LogP contribution in [-0.4, -0.2) is 29.9 Å². The lowest BCUT2D eigenvalue weighted by atomic mass is 9.87. The van der Waals surface area contributed by atoms with E-state index in [1.807, 2.05) is 170 Å². The van der Waals surface area contributed by atoms with Gasteiger partial charge in [-0.1, -0.05) is 170 Å². The second kappa shape index (κ2) is 16.3. The fourth-order valence-electron chi connectivity index (χ4n) is 7.72. The van der Waals surface area contributed by atoms with Crippen molar-refractivity contribution >= 4 is 10.8 Å². The van der Waals surface area contributed by atoms with Crippen molar-refractivity contribution in [3.05, 3.63) is 205 Å². The summed E-state index contributed by atoms with van der Waals surface area (Å²) in [5.74, 6) is 2.95. The van der Waals surface area contributed by atoms with Crippen LogP contribution in [0.5, 0.6) is 0 Å². The Morgan fingerprint density at radius 1 is 0.274 bits per heavy atom. The highest BCUT2D eigenvalue weighted by molar-refractivity contribution is 6.10. The Kier molecular flexibility index (Phi) is 9.83. The molecule has 0 aliphatic rings. The van der Waals surface area contributed by atoms with Crippen LogP contribution >= 0.6 is 0 Å². The van der Waals surface area contributed by atoms with Crippen molar-refractivity contribution in [2.75, 3.05) is 0 Å². The Bertz CT molecular complexity index is 3020. The van der Waals surface area contributed by atoms with E-state index in [0.29, 0.717) is 57.2 Å². The van der Waals surface area contributed by atoms with Crippen LogP contribution < -0.4 is 0 Å². The predicted molar refractivity (Wildman–Crippen MR) is 244 cm³/mol. The summed E-state index contributed by atoms with van der Waals surface area (Å²) in [4.78, 5) is 30.2. The van der Waals surface area contributed by atoms with Gasteiger partial charge in [-0.3, -0.25) is 0 Å². The Morgan fingerprint density at radius 3 is 0.919 bits per heavy atom. The third-order valence-electron chi connectivity index (χ3n) is 10.7. The highest BCUT2D eigenvalue weighted by atomic mass is 15.0. The van der Waals surface area contributed by atoms with Gasteiger partial charge in [0.05, 0.1) is 23.3 Å². The summed E-state index contributed by atoms with van der Waals surface area (Å²) in [6.45, 7) is 0. The van der Waals surface area contributed by atoms with Gasteiger partial charge in [0.25, 0.3) is 0 Å². The van der Waals surface area contributed by atoms with E-state index in [9.17, 15) is 10.5 Å². The van der Waals surface area contributed by atoms with E-state index in [1.165, 1.54) is 0 Å². The molecular weight excluding hydrogens is 761 g/mol. The van der Waals surface area contributed by atoms with Gasteiger partial charge in [-0.25, -0.2) is 29.9 Å². The topological polar surface area (TPSA) is 125 Å². The summed E-state index contributed by atoms with van der Waals surface area (Å²) in [7, 11) is 0. The van der Waals surface area contributed by atoms with Crippen molar-refractivity contribution in [2.45, 2.75) is 0 Å². The molecule has 288 valence electrons. The molecule has 0 saturated carbocycles. The Balaban J connectivity index is 1.22. The number of aromatic nitrogens is 6. The fraction of sp³-hybridized carbons (Fsp3) is 0. The van der Waals surface area contributed by atoms with Gasteiger partial charge in [0, 0.05) is 33.4 Å². The summed E-state index contributed by atoms with van der Waals surface area (Å²) in [6, 6.07) is 67.7. The van der Waals surface area contributed by atoms with E-state index in [-0.39, 0.29) is 0 Å². The molecule has 0 atom stereocenters. The smallest absolute Gasteiger partial charge is 0.164 e. The summed E-state index contributed by atoms with van der Waals surface area (Å²) >= 11 is 0. The van der Waals surface area contributed by atoms with Gasteiger partial charge in [0.1, 0.15) is 0 Å². The van der Waals surface area contributed by atoms with Crippen LogP contribution in [0, 0.1) is 22.7 Å². The molecular formula is C54H32N8. The first-order valence-electron chi connectivity index (χ1n) is 20.0. The molecule has 0 amide bonds. The molecule has 8 nitrogen and oxygen atoms in total. The quantitative estimate of drug-likeness (QED) is 0.149. The maximum Gasteiger partial charge on any atom is 0.164 e. The van der Waals surface area contributed by atoms with E-state index in [1.54, 1.807) is 0 Å². The molecule has 0 N–H and O–H groups in total.